The minimum Gasteiger partial charge on any atom is -0.377 e. The number of carbonyl (C=O) groups excluding carboxylic acids is 1. The first-order valence-electron chi connectivity index (χ1n) is 7.35. The maximum atomic E-state index is 12.1. The first kappa shape index (κ1) is 13.4. The molecule has 1 amide bonds. The Balaban J connectivity index is 1.57. The zero-order valence-electron chi connectivity index (χ0n) is 11.6. The van der Waals surface area contributed by atoms with E-state index in [2.05, 4.69) is 10.6 Å². The van der Waals surface area contributed by atoms with Crippen LogP contribution in [0.5, 0.6) is 0 Å². The number of anilines is 1. The largest absolute Gasteiger partial charge is 0.377 e. The van der Waals surface area contributed by atoms with Gasteiger partial charge in [0.15, 0.2) is 0 Å². The maximum absolute atomic E-state index is 12.1. The van der Waals surface area contributed by atoms with Crippen molar-refractivity contribution >= 4 is 11.8 Å². The van der Waals surface area contributed by atoms with Crippen molar-refractivity contribution < 1.29 is 18.8 Å². The fraction of sp³-hybridized carbons (Fsp3) is 0.769. The normalized spacial score (nSPS) is 20.9. The number of nitrogens with one attached hydrogen (secondary N) is 1. The van der Waals surface area contributed by atoms with Crippen LogP contribution in [0.2, 0.25) is 0 Å². The third-order valence-electron chi connectivity index (χ3n) is 3.96. The van der Waals surface area contributed by atoms with Gasteiger partial charge in [0, 0.05) is 5.92 Å². The van der Waals surface area contributed by atoms with E-state index in [1.165, 1.54) is 6.42 Å². The summed E-state index contributed by atoms with van der Waals surface area (Å²) in [6, 6.07) is 0. The molecule has 2 fully saturated rings. The number of hydrogen-bond donors (Lipinski definition) is 1. The lowest BCUT2D eigenvalue weighted by Gasteiger charge is -2.19. The van der Waals surface area contributed by atoms with Crippen LogP contribution in [0.3, 0.4) is 0 Å². The molecule has 1 aliphatic carbocycles. The van der Waals surface area contributed by atoms with Gasteiger partial charge in [0.1, 0.15) is 0 Å². The highest BCUT2D eigenvalue weighted by atomic mass is 16.5. The standard InChI is InChI=1S/C13H20N4O3/c18-13(11-4-2-1-3-5-11)14-12-10-17(15-20-12)16-6-8-19-9-7-16/h10-11H,1-9H2/p+1. The molecule has 0 unspecified atom stereocenters. The molecule has 1 saturated carbocycles. The summed E-state index contributed by atoms with van der Waals surface area (Å²) in [4.78, 5) is 13.7. The minimum atomic E-state index is 0.0509. The van der Waals surface area contributed by atoms with Crippen molar-refractivity contribution in [3.8, 4) is 0 Å². The fourth-order valence-corrected chi connectivity index (χ4v) is 2.77. The van der Waals surface area contributed by atoms with Crippen molar-refractivity contribution in [3.63, 3.8) is 0 Å². The van der Waals surface area contributed by atoms with Gasteiger partial charge in [-0.3, -0.25) is 14.6 Å². The SMILES string of the molecule is O=C(Nc1c[n+](N2CCOCC2)no1)C1CCCCC1. The lowest BCUT2D eigenvalue weighted by molar-refractivity contribution is -0.759. The Bertz CT molecular complexity index is 450. The van der Waals surface area contributed by atoms with Crippen LogP contribution in [0.4, 0.5) is 5.88 Å². The first-order valence-corrected chi connectivity index (χ1v) is 7.35. The summed E-state index contributed by atoms with van der Waals surface area (Å²) >= 11 is 0. The van der Waals surface area contributed by atoms with E-state index in [4.69, 9.17) is 9.26 Å². The van der Waals surface area contributed by atoms with Gasteiger partial charge < -0.3 is 4.74 Å². The van der Waals surface area contributed by atoms with Gasteiger partial charge in [0.2, 0.25) is 11.2 Å². The smallest absolute Gasteiger partial charge is 0.305 e. The Morgan fingerprint density at radius 1 is 1.30 bits per heavy atom. The first-order chi connectivity index (χ1) is 9.83. The summed E-state index contributed by atoms with van der Waals surface area (Å²) in [6.07, 6.45) is 7.19. The van der Waals surface area contributed by atoms with E-state index in [0.717, 1.165) is 38.8 Å². The fourth-order valence-electron chi connectivity index (χ4n) is 2.77. The molecule has 1 aromatic rings. The van der Waals surface area contributed by atoms with Crippen LogP contribution in [-0.2, 0) is 9.53 Å². The van der Waals surface area contributed by atoms with Crippen molar-refractivity contribution in [3.05, 3.63) is 6.20 Å². The molecule has 1 N–H and O–H groups in total. The van der Waals surface area contributed by atoms with Crippen LogP contribution < -0.4 is 15.1 Å². The van der Waals surface area contributed by atoms with Crippen molar-refractivity contribution in [2.24, 2.45) is 5.92 Å². The highest BCUT2D eigenvalue weighted by molar-refractivity contribution is 5.91. The number of morpholine rings is 1. The molecule has 7 nitrogen and oxygen atoms in total. The Hall–Kier alpha value is -1.63. The molecular weight excluding hydrogens is 260 g/mol. The summed E-state index contributed by atoms with van der Waals surface area (Å²) in [6.45, 7) is 2.91. The van der Waals surface area contributed by atoms with Gasteiger partial charge in [-0.05, 0) is 12.8 Å². The highest BCUT2D eigenvalue weighted by Gasteiger charge is 2.26. The lowest BCUT2D eigenvalue weighted by atomic mass is 9.89. The second-order valence-electron chi connectivity index (χ2n) is 5.38. The zero-order chi connectivity index (χ0) is 13.8. The van der Waals surface area contributed by atoms with E-state index < -0.39 is 0 Å². The number of aromatic nitrogens is 2. The third kappa shape index (κ3) is 3.09. The lowest BCUT2D eigenvalue weighted by Crippen LogP contribution is -2.62. The average molecular weight is 281 g/mol. The molecule has 1 aromatic heterocycles. The molecule has 3 rings (SSSR count). The van der Waals surface area contributed by atoms with E-state index in [-0.39, 0.29) is 11.8 Å². The average Bonchev–Trinajstić information content (AvgIpc) is 2.97. The molecule has 0 bridgehead atoms. The molecule has 20 heavy (non-hydrogen) atoms. The van der Waals surface area contributed by atoms with E-state index in [1.807, 2.05) is 5.01 Å². The maximum Gasteiger partial charge on any atom is 0.305 e. The predicted molar refractivity (Wildman–Crippen MR) is 70.7 cm³/mol. The Labute approximate surface area is 117 Å². The van der Waals surface area contributed by atoms with Gasteiger partial charge >= 0.3 is 5.88 Å². The topological polar surface area (TPSA) is 71.5 Å². The molecular formula is C13H21N4O3+. The van der Waals surface area contributed by atoms with E-state index in [0.29, 0.717) is 19.1 Å². The predicted octanol–water partition coefficient (Wildman–Crippen LogP) is 0.449. The third-order valence-corrected chi connectivity index (χ3v) is 3.96. The molecule has 1 aliphatic heterocycles. The molecule has 110 valence electrons. The monoisotopic (exact) mass is 281 g/mol. The molecule has 1 saturated heterocycles. The molecule has 0 radical (unpaired) electrons. The van der Waals surface area contributed by atoms with Crippen LogP contribution in [0.15, 0.2) is 10.7 Å². The number of hydrogen-bond acceptors (Lipinski definition) is 5. The van der Waals surface area contributed by atoms with Crippen LogP contribution in [0, 0.1) is 5.92 Å². The summed E-state index contributed by atoms with van der Waals surface area (Å²) in [5, 5.41) is 8.78. The van der Waals surface area contributed by atoms with Crippen LogP contribution in [0.25, 0.3) is 0 Å². The summed E-state index contributed by atoms with van der Waals surface area (Å²) in [5.41, 5.74) is 0. The van der Waals surface area contributed by atoms with E-state index in [9.17, 15) is 4.79 Å². The van der Waals surface area contributed by atoms with Crippen LogP contribution in [-0.4, -0.2) is 37.5 Å². The van der Waals surface area contributed by atoms with Gasteiger partial charge in [-0.25, -0.2) is 0 Å². The van der Waals surface area contributed by atoms with E-state index in [1.54, 1.807) is 11.0 Å². The number of ether oxygens (including phenoxy) is 1. The van der Waals surface area contributed by atoms with Crippen LogP contribution >= 0.6 is 0 Å². The number of rotatable bonds is 3. The minimum absolute atomic E-state index is 0.0509. The second kappa shape index (κ2) is 6.21. The van der Waals surface area contributed by atoms with Gasteiger partial charge in [0.05, 0.1) is 31.1 Å². The Morgan fingerprint density at radius 3 is 2.80 bits per heavy atom. The van der Waals surface area contributed by atoms with Gasteiger partial charge in [-0.15, -0.1) is 5.01 Å². The van der Waals surface area contributed by atoms with E-state index >= 15 is 0 Å². The number of amides is 1. The number of carbonyl (C=O) groups is 1. The Morgan fingerprint density at radius 2 is 2.05 bits per heavy atom. The number of nitrogens with zero attached hydrogens (tertiary/aromatic N) is 3. The molecule has 2 aliphatic rings. The molecule has 0 atom stereocenters. The van der Waals surface area contributed by atoms with Crippen molar-refractivity contribution in [1.82, 2.24) is 5.27 Å². The van der Waals surface area contributed by atoms with Gasteiger partial charge in [-0.2, -0.15) is 0 Å². The van der Waals surface area contributed by atoms with Crippen molar-refractivity contribution in [2.75, 3.05) is 36.6 Å². The van der Waals surface area contributed by atoms with Crippen LogP contribution in [0.1, 0.15) is 32.1 Å². The zero-order valence-corrected chi connectivity index (χ0v) is 11.6. The second-order valence-corrected chi connectivity index (χ2v) is 5.38. The van der Waals surface area contributed by atoms with Gasteiger partial charge in [-0.1, -0.05) is 19.3 Å². The summed E-state index contributed by atoms with van der Waals surface area (Å²) in [5.74, 6) is 0.577. The highest BCUT2D eigenvalue weighted by Crippen LogP contribution is 2.24. The molecule has 0 spiro atoms. The van der Waals surface area contributed by atoms with Crippen molar-refractivity contribution in [1.29, 1.82) is 0 Å². The quantitative estimate of drug-likeness (QED) is 0.814. The Kier molecular flexibility index (Phi) is 4.15. The molecule has 0 aromatic carbocycles. The van der Waals surface area contributed by atoms with Crippen molar-refractivity contribution in [2.45, 2.75) is 32.1 Å². The molecule has 2 heterocycles. The molecule has 7 heteroatoms. The summed E-state index contributed by atoms with van der Waals surface area (Å²) in [7, 11) is 0. The summed E-state index contributed by atoms with van der Waals surface area (Å²) < 4.78 is 10.5. The van der Waals surface area contributed by atoms with Gasteiger partial charge in [0.25, 0.3) is 6.20 Å².